The lowest BCUT2D eigenvalue weighted by Crippen LogP contribution is -2.45. The van der Waals surface area contributed by atoms with Gasteiger partial charge in [-0.2, -0.15) is 0 Å². The number of aryl methyl sites for hydroxylation is 1. The van der Waals surface area contributed by atoms with Crippen molar-refractivity contribution in [2.75, 3.05) is 7.11 Å². The Morgan fingerprint density at radius 3 is 2.68 bits per heavy atom. The summed E-state index contributed by atoms with van der Waals surface area (Å²) in [7, 11) is 1.69. The second kappa shape index (κ2) is 6.99. The molecule has 0 amide bonds. The zero-order valence-electron chi connectivity index (χ0n) is 16.7. The van der Waals surface area contributed by atoms with E-state index in [1.54, 1.807) is 7.11 Å². The van der Waals surface area contributed by atoms with Gasteiger partial charge in [0.05, 0.1) is 13.2 Å². The first-order chi connectivity index (χ1) is 13.4. The maximum Gasteiger partial charge on any atom is 0.321 e. The fourth-order valence-electron chi connectivity index (χ4n) is 4.29. The minimum Gasteiger partial charge on any atom is -0.496 e. The summed E-state index contributed by atoms with van der Waals surface area (Å²) in [4.78, 5) is 15.4. The van der Waals surface area contributed by atoms with Crippen molar-refractivity contribution in [3.8, 4) is 5.75 Å². The monoisotopic (exact) mass is 378 g/mol. The van der Waals surface area contributed by atoms with Crippen LogP contribution >= 0.6 is 0 Å². The molecule has 2 aromatic carbocycles. The van der Waals surface area contributed by atoms with Crippen molar-refractivity contribution in [3.05, 3.63) is 64.3 Å². The largest absolute Gasteiger partial charge is 0.496 e. The molecule has 1 aliphatic rings. The zero-order chi connectivity index (χ0) is 20.0. The number of methoxy groups -OCH3 is 1. The molecule has 0 aliphatic carbocycles. The number of fused-ring (bicyclic) bond motifs is 3. The Balaban J connectivity index is 1.92. The normalized spacial score (nSPS) is 19.0. The number of benzene rings is 2. The number of aromatic nitrogens is 1. The molecule has 28 heavy (non-hydrogen) atoms. The Labute approximate surface area is 164 Å². The van der Waals surface area contributed by atoms with Gasteiger partial charge in [0.1, 0.15) is 11.8 Å². The third-order valence-electron chi connectivity index (χ3n) is 5.76. The molecule has 0 saturated heterocycles. The van der Waals surface area contributed by atoms with Crippen LogP contribution in [0.5, 0.6) is 5.75 Å². The molecule has 0 fully saturated rings. The number of ether oxygens (including phenoxy) is 1. The van der Waals surface area contributed by atoms with Crippen LogP contribution < -0.4 is 10.1 Å². The number of H-pyrrole nitrogens is 1. The van der Waals surface area contributed by atoms with E-state index < -0.39 is 12.0 Å². The first kappa shape index (κ1) is 18.6. The van der Waals surface area contributed by atoms with E-state index in [1.807, 2.05) is 18.2 Å². The van der Waals surface area contributed by atoms with Crippen molar-refractivity contribution in [3.63, 3.8) is 0 Å². The summed E-state index contributed by atoms with van der Waals surface area (Å²) < 4.78 is 5.58. The van der Waals surface area contributed by atoms with Gasteiger partial charge < -0.3 is 14.8 Å². The van der Waals surface area contributed by atoms with Crippen LogP contribution in [0.2, 0.25) is 0 Å². The van der Waals surface area contributed by atoms with E-state index >= 15 is 0 Å². The van der Waals surface area contributed by atoms with Crippen LogP contribution in [0.25, 0.3) is 10.9 Å². The smallest absolute Gasteiger partial charge is 0.321 e. The fourth-order valence-corrected chi connectivity index (χ4v) is 4.29. The number of aromatic amines is 1. The molecule has 4 rings (SSSR count). The molecule has 1 aliphatic heterocycles. The Kier molecular flexibility index (Phi) is 4.63. The number of carboxylic acids is 1. The molecule has 0 spiro atoms. The predicted molar refractivity (Wildman–Crippen MR) is 110 cm³/mol. The van der Waals surface area contributed by atoms with Gasteiger partial charge in [0.2, 0.25) is 0 Å². The maximum atomic E-state index is 11.9. The van der Waals surface area contributed by atoms with Crippen molar-refractivity contribution < 1.29 is 14.6 Å². The predicted octanol–water partition coefficient (Wildman–Crippen LogP) is 4.30. The summed E-state index contributed by atoms with van der Waals surface area (Å²) >= 11 is 0. The van der Waals surface area contributed by atoms with E-state index in [2.05, 4.69) is 49.3 Å². The van der Waals surface area contributed by atoms with Gasteiger partial charge >= 0.3 is 5.97 Å². The third-order valence-corrected chi connectivity index (χ3v) is 5.76. The van der Waals surface area contributed by atoms with Crippen molar-refractivity contribution in [1.82, 2.24) is 10.3 Å². The second-order valence-corrected chi connectivity index (χ2v) is 7.86. The Morgan fingerprint density at radius 1 is 1.25 bits per heavy atom. The number of carboxylic acid groups (broad SMARTS) is 1. The molecule has 2 heterocycles. The number of aliphatic carboxylic acids is 1. The molecule has 0 bridgehead atoms. The molecular formula is C23H26N2O3. The summed E-state index contributed by atoms with van der Waals surface area (Å²) in [5, 5.41) is 14.2. The molecule has 3 aromatic rings. The standard InChI is InChI=1S/C23H26N2O3/c1-12(2)15-10-16(13(3)9-20(15)28-4)21-22-17(11-19(25-21)23(26)27)14-7-5-6-8-18(14)24-22/h5-10,12,19,21,24-25H,11H2,1-4H3,(H,26,27). The lowest BCUT2D eigenvalue weighted by Gasteiger charge is -2.31. The van der Waals surface area contributed by atoms with Crippen LogP contribution in [-0.4, -0.2) is 29.2 Å². The van der Waals surface area contributed by atoms with Crippen molar-refractivity contribution >= 4 is 16.9 Å². The van der Waals surface area contributed by atoms with Gasteiger partial charge in [0.25, 0.3) is 0 Å². The summed E-state index contributed by atoms with van der Waals surface area (Å²) in [5.74, 6) is 0.352. The molecule has 5 heteroatoms. The molecule has 146 valence electrons. The van der Waals surface area contributed by atoms with Gasteiger partial charge in [-0.25, -0.2) is 0 Å². The Bertz CT molecular complexity index is 1050. The van der Waals surface area contributed by atoms with Crippen LogP contribution in [0, 0.1) is 6.92 Å². The fraction of sp³-hybridized carbons (Fsp3) is 0.348. The molecular weight excluding hydrogens is 352 g/mol. The topological polar surface area (TPSA) is 74.3 Å². The van der Waals surface area contributed by atoms with E-state index in [0.717, 1.165) is 44.6 Å². The number of hydrogen-bond acceptors (Lipinski definition) is 3. The number of para-hydroxylation sites is 1. The summed E-state index contributed by atoms with van der Waals surface area (Å²) in [5.41, 5.74) is 6.48. The molecule has 2 atom stereocenters. The molecule has 0 saturated carbocycles. The highest BCUT2D eigenvalue weighted by Crippen LogP contribution is 2.39. The average Bonchev–Trinajstić information content (AvgIpc) is 3.05. The highest BCUT2D eigenvalue weighted by Gasteiger charge is 2.34. The van der Waals surface area contributed by atoms with Crippen LogP contribution in [0.1, 0.15) is 53.8 Å². The minimum absolute atomic E-state index is 0.208. The SMILES string of the molecule is COc1cc(C)c(C2NC(C(=O)O)Cc3c2[nH]c2ccccc32)cc1C(C)C. The van der Waals surface area contributed by atoms with Crippen LogP contribution in [0.3, 0.4) is 0 Å². The second-order valence-electron chi connectivity index (χ2n) is 7.86. The van der Waals surface area contributed by atoms with Gasteiger partial charge in [-0.3, -0.25) is 10.1 Å². The number of hydrogen-bond donors (Lipinski definition) is 3. The van der Waals surface area contributed by atoms with E-state index in [-0.39, 0.29) is 6.04 Å². The molecule has 5 nitrogen and oxygen atoms in total. The van der Waals surface area contributed by atoms with E-state index in [4.69, 9.17) is 4.74 Å². The molecule has 2 unspecified atom stereocenters. The van der Waals surface area contributed by atoms with Gasteiger partial charge in [-0.15, -0.1) is 0 Å². The van der Waals surface area contributed by atoms with Crippen LogP contribution in [0.15, 0.2) is 36.4 Å². The highest BCUT2D eigenvalue weighted by atomic mass is 16.5. The van der Waals surface area contributed by atoms with Gasteiger partial charge in [-0.05, 0) is 53.3 Å². The van der Waals surface area contributed by atoms with Crippen molar-refractivity contribution in [2.24, 2.45) is 0 Å². The average molecular weight is 378 g/mol. The zero-order valence-corrected chi connectivity index (χ0v) is 16.7. The first-order valence-electron chi connectivity index (χ1n) is 9.67. The molecule has 3 N–H and O–H groups in total. The number of carbonyl (C=O) groups is 1. The Morgan fingerprint density at radius 2 is 2.00 bits per heavy atom. The van der Waals surface area contributed by atoms with Crippen LogP contribution in [-0.2, 0) is 11.2 Å². The molecule has 0 radical (unpaired) electrons. The first-order valence-corrected chi connectivity index (χ1v) is 9.67. The van der Waals surface area contributed by atoms with Crippen molar-refractivity contribution in [1.29, 1.82) is 0 Å². The minimum atomic E-state index is -0.823. The highest BCUT2D eigenvalue weighted by molar-refractivity contribution is 5.87. The molecule has 1 aromatic heterocycles. The number of rotatable bonds is 4. The number of nitrogens with one attached hydrogen (secondary N) is 2. The van der Waals surface area contributed by atoms with E-state index in [0.29, 0.717) is 12.3 Å². The maximum absolute atomic E-state index is 11.9. The third kappa shape index (κ3) is 2.96. The summed E-state index contributed by atoms with van der Waals surface area (Å²) in [6.07, 6.45) is 0.470. The van der Waals surface area contributed by atoms with Crippen molar-refractivity contribution in [2.45, 2.75) is 45.2 Å². The van der Waals surface area contributed by atoms with Gasteiger partial charge in [0.15, 0.2) is 0 Å². The quantitative estimate of drug-likeness (QED) is 0.633. The van der Waals surface area contributed by atoms with Crippen LogP contribution in [0.4, 0.5) is 0 Å². The lowest BCUT2D eigenvalue weighted by molar-refractivity contribution is -0.139. The summed E-state index contributed by atoms with van der Waals surface area (Å²) in [6.45, 7) is 6.33. The summed E-state index contributed by atoms with van der Waals surface area (Å²) in [6, 6.07) is 11.5. The van der Waals surface area contributed by atoms with E-state index in [9.17, 15) is 9.90 Å². The lowest BCUT2D eigenvalue weighted by atomic mass is 9.86. The van der Waals surface area contributed by atoms with E-state index in [1.165, 1.54) is 0 Å². The van der Waals surface area contributed by atoms with Gasteiger partial charge in [-0.1, -0.05) is 32.0 Å². The Hall–Kier alpha value is -2.79. The van der Waals surface area contributed by atoms with Gasteiger partial charge in [0, 0.05) is 23.0 Å².